The third-order valence-electron chi connectivity index (χ3n) is 6.47. The third-order valence-corrected chi connectivity index (χ3v) is 6.47. The van der Waals surface area contributed by atoms with Crippen molar-refractivity contribution < 1.29 is 0 Å². The molecule has 0 radical (unpaired) electrons. The molecular weight excluding hydrogens is 384 g/mol. The lowest BCUT2D eigenvalue weighted by Crippen LogP contribution is -2.28. The molecule has 0 heteroatoms. The van der Waals surface area contributed by atoms with Gasteiger partial charge in [0.2, 0.25) is 0 Å². The number of terminal acetylenes is 6. The molecule has 0 aliphatic heterocycles. The van der Waals surface area contributed by atoms with Gasteiger partial charge in [0, 0.05) is 45.2 Å². The van der Waals surface area contributed by atoms with Crippen LogP contribution in [0.5, 0.6) is 0 Å². The monoisotopic (exact) mass is 398 g/mol. The zero-order valence-electron chi connectivity index (χ0n) is 17.1. The highest BCUT2D eigenvalue weighted by atomic mass is 14.4. The van der Waals surface area contributed by atoms with Crippen LogP contribution in [0.15, 0.2) is 36.4 Å². The van der Waals surface area contributed by atoms with Gasteiger partial charge in [-0.05, 0) is 69.8 Å². The molecule has 2 bridgehead atoms. The van der Waals surface area contributed by atoms with Gasteiger partial charge in [-0.3, -0.25) is 0 Å². The van der Waals surface area contributed by atoms with Crippen molar-refractivity contribution in [3.8, 4) is 74.1 Å². The molecule has 0 unspecified atom stereocenters. The topological polar surface area (TPSA) is 0 Å². The second kappa shape index (κ2) is 6.78. The van der Waals surface area contributed by atoms with E-state index in [0.29, 0.717) is 33.4 Å². The fourth-order valence-electron chi connectivity index (χ4n) is 5.12. The van der Waals surface area contributed by atoms with Crippen LogP contribution in [0.25, 0.3) is 0 Å². The van der Waals surface area contributed by atoms with E-state index in [4.69, 9.17) is 38.5 Å². The van der Waals surface area contributed by atoms with E-state index in [1.807, 2.05) is 36.4 Å². The number of hydrogen-bond donors (Lipinski definition) is 0. The van der Waals surface area contributed by atoms with Gasteiger partial charge in [0.25, 0.3) is 0 Å². The maximum absolute atomic E-state index is 5.77. The Balaban J connectivity index is 1.93. The van der Waals surface area contributed by atoms with Crippen molar-refractivity contribution in [3.05, 3.63) is 103 Å². The Morgan fingerprint density at radius 2 is 0.500 bits per heavy atom. The normalized spacial score (nSPS) is 15.9. The maximum Gasteiger partial charge on any atom is 0.0402 e. The van der Waals surface area contributed by atoms with E-state index < -0.39 is 0 Å². The van der Waals surface area contributed by atoms with Gasteiger partial charge in [0.15, 0.2) is 0 Å². The van der Waals surface area contributed by atoms with E-state index in [0.717, 1.165) is 33.4 Å². The smallest absolute Gasteiger partial charge is 0.0402 e. The van der Waals surface area contributed by atoms with E-state index in [1.54, 1.807) is 0 Å². The van der Waals surface area contributed by atoms with Gasteiger partial charge < -0.3 is 0 Å². The first kappa shape index (κ1) is 19.0. The zero-order valence-corrected chi connectivity index (χ0v) is 17.1. The minimum absolute atomic E-state index is 0.100. The summed E-state index contributed by atoms with van der Waals surface area (Å²) < 4.78 is 0. The molecule has 0 saturated carbocycles. The molecule has 142 valence electrons. The minimum atomic E-state index is -0.100. The van der Waals surface area contributed by atoms with Gasteiger partial charge >= 0.3 is 0 Å². The second-order valence-corrected chi connectivity index (χ2v) is 7.81. The SMILES string of the molecule is C#Cc1cc2c(cc1C#C)C1c3cc(C#C)c(C#C)cc3C2c2cc(C#C)c(C#C)cc21. The first-order chi connectivity index (χ1) is 15.6. The van der Waals surface area contributed by atoms with Crippen molar-refractivity contribution in [2.45, 2.75) is 11.8 Å². The first-order valence-electron chi connectivity index (χ1n) is 9.93. The molecule has 3 aliphatic carbocycles. The van der Waals surface area contributed by atoms with Crippen molar-refractivity contribution in [3.63, 3.8) is 0 Å². The first-order valence-corrected chi connectivity index (χ1v) is 9.93. The summed E-state index contributed by atoms with van der Waals surface area (Å²) in [6, 6.07) is 12.1. The average Bonchev–Trinajstić information content (AvgIpc) is 2.85. The number of hydrogen-bond acceptors (Lipinski definition) is 0. The molecule has 0 spiro atoms. The number of rotatable bonds is 0. The molecule has 0 saturated heterocycles. The molecule has 0 nitrogen and oxygen atoms in total. The summed E-state index contributed by atoms with van der Waals surface area (Å²) in [7, 11) is 0. The Labute approximate surface area is 189 Å². The molecule has 32 heavy (non-hydrogen) atoms. The predicted molar refractivity (Wildman–Crippen MR) is 129 cm³/mol. The molecule has 3 aromatic rings. The fraction of sp³-hybridized carbons (Fsp3) is 0.0625. The van der Waals surface area contributed by atoms with Gasteiger partial charge in [-0.2, -0.15) is 0 Å². The maximum atomic E-state index is 5.77. The second-order valence-electron chi connectivity index (χ2n) is 7.81. The molecular formula is C32H14. The van der Waals surface area contributed by atoms with Gasteiger partial charge in [-0.15, -0.1) is 38.5 Å². The van der Waals surface area contributed by atoms with E-state index >= 15 is 0 Å². The summed E-state index contributed by atoms with van der Waals surface area (Å²) in [4.78, 5) is 0. The van der Waals surface area contributed by atoms with E-state index in [-0.39, 0.29) is 11.8 Å². The van der Waals surface area contributed by atoms with Crippen LogP contribution in [0.1, 0.15) is 78.6 Å². The van der Waals surface area contributed by atoms with E-state index in [1.165, 1.54) is 0 Å². The van der Waals surface area contributed by atoms with Crippen LogP contribution in [0, 0.1) is 74.1 Å². The lowest BCUT2D eigenvalue weighted by atomic mass is 9.59. The van der Waals surface area contributed by atoms with Gasteiger partial charge in [0.05, 0.1) is 0 Å². The Morgan fingerprint density at radius 3 is 0.625 bits per heavy atom. The van der Waals surface area contributed by atoms with Gasteiger partial charge in [-0.1, -0.05) is 35.5 Å². The molecule has 6 rings (SSSR count). The standard InChI is InChI=1S/C32H14/c1-7-19-13-25-26(14-20(19)8-2)32-29-17-23(11-5)21(9-3)15-27(29)31(25)28-16-22(10-4)24(12-6)18-30(28)32/h1-6,13-18,31-32H. The minimum Gasteiger partial charge on any atom is -0.115 e. The molecule has 3 aliphatic rings. The lowest BCUT2D eigenvalue weighted by molar-refractivity contribution is 0.752. The quantitative estimate of drug-likeness (QED) is 0.336. The molecule has 0 fully saturated rings. The zero-order chi connectivity index (χ0) is 22.6. The highest BCUT2D eigenvalue weighted by molar-refractivity contribution is 5.74. The highest BCUT2D eigenvalue weighted by Crippen LogP contribution is 2.57. The van der Waals surface area contributed by atoms with Crippen molar-refractivity contribution in [1.29, 1.82) is 0 Å². The van der Waals surface area contributed by atoms with Crippen LogP contribution in [-0.4, -0.2) is 0 Å². The van der Waals surface area contributed by atoms with Crippen LogP contribution in [0.3, 0.4) is 0 Å². The number of benzene rings is 3. The Hall–Kier alpha value is -4.98. The molecule has 0 heterocycles. The summed E-state index contributed by atoms with van der Waals surface area (Å²) in [5.41, 5.74) is 10.8. The molecule has 0 aromatic heterocycles. The van der Waals surface area contributed by atoms with Crippen LogP contribution < -0.4 is 0 Å². The van der Waals surface area contributed by atoms with Gasteiger partial charge in [-0.25, -0.2) is 0 Å². The molecule has 0 N–H and O–H groups in total. The van der Waals surface area contributed by atoms with Gasteiger partial charge in [0.1, 0.15) is 0 Å². The average molecular weight is 398 g/mol. The van der Waals surface area contributed by atoms with Crippen LogP contribution >= 0.6 is 0 Å². The third kappa shape index (κ3) is 2.31. The Bertz CT molecular complexity index is 1310. The van der Waals surface area contributed by atoms with Crippen molar-refractivity contribution in [2.75, 3.05) is 0 Å². The van der Waals surface area contributed by atoms with Crippen LogP contribution in [-0.2, 0) is 0 Å². The van der Waals surface area contributed by atoms with E-state index in [9.17, 15) is 0 Å². The van der Waals surface area contributed by atoms with Crippen LogP contribution in [0.2, 0.25) is 0 Å². The Morgan fingerprint density at radius 1 is 0.344 bits per heavy atom. The largest absolute Gasteiger partial charge is 0.115 e. The predicted octanol–water partition coefficient (Wildman–Crippen LogP) is 4.56. The summed E-state index contributed by atoms with van der Waals surface area (Å²) in [6.45, 7) is 0. The molecule has 3 aromatic carbocycles. The molecule has 0 atom stereocenters. The fourth-order valence-corrected chi connectivity index (χ4v) is 5.12. The summed E-state index contributed by atoms with van der Waals surface area (Å²) >= 11 is 0. The van der Waals surface area contributed by atoms with Crippen molar-refractivity contribution in [2.24, 2.45) is 0 Å². The summed E-state index contributed by atoms with van der Waals surface area (Å²) in [5, 5.41) is 0. The highest BCUT2D eigenvalue weighted by Gasteiger charge is 2.42. The summed E-state index contributed by atoms with van der Waals surface area (Å²) in [6.07, 6.45) is 34.6. The van der Waals surface area contributed by atoms with Crippen LogP contribution in [0.4, 0.5) is 0 Å². The summed E-state index contributed by atoms with van der Waals surface area (Å²) in [5.74, 6) is 16.2. The Kier molecular flexibility index (Phi) is 4.03. The van der Waals surface area contributed by atoms with Crippen molar-refractivity contribution in [1.82, 2.24) is 0 Å². The van der Waals surface area contributed by atoms with Crippen molar-refractivity contribution >= 4 is 0 Å². The van der Waals surface area contributed by atoms with E-state index in [2.05, 4.69) is 35.5 Å². The molecule has 0 amide bonds. The lowest BCUT2D eigenvalue weighted by Gasteiger charge is -2.43.